The topological polar surface area (TPSA) is 6.48 Å². The third kappa shape index (κ3) is 14.5. The highest BCUT2D eigenvalue weighted by Gasteiger charge is 2.15. The number of rotatable bonds is 12. The highest BCUT2D eigenvalue weighted by molar-refractivity contribution is 5.81. The maximum atomic E-state index is 3.68. The first kappa shape index (κ1) is 51.0. The predicted octanol–water partition coefficient (Wildman–Crippen LogP) is 19.7. The molecule has 0 fully saturated rings. The van der Waals surface area contributed by atoms with Gasteiger partial charge >= 0.3 is 0 Å². The third-order valence-corrected chi connectivity index (χ3v) is 12.3. The molecule has 1 aliphatic rings. The molecule has 0 N–H and O–H groups in total. The van der Waals surface area contributed by atoms with Gasteiger partial charge in [0, 0.05) is 34.1 Å². The van der Waals surface area contributed by atoms with Gasteiger partial charge in [-0.25, -0.2) is 0 Å². The Bertz CT molecular complexity index is 2770. The molecule has 0 bridgehead atoms. The van der Waals surface area contributed by atoms with E-state index in [1.807, 2.05) is 19.9 Å². The minimum absolute atomic E-state index is 0.787. The molecule has 9 rings (SSSR count). The smallest absolute Gasteiger partial charge is 0.0464 e. The van der Waals surface area contributed by atoms with E-state index in [2.05, 4.69) is 282 Å². The molecule has 1 unspecified atom stereocenters. The average Bonchev–Trinajstić information content (AvgIpc) is 3.40. The van der Waals surface area contributed by atoms with Gasteiger partial charge in [-0.05, 0) is 169 Å². The summed E-state index contributed by atoms with van der Waals surface area (Å²) in [4.78, 5) is 4.65. The quantitative estimate of drug-likeness (QED) is 0.113. The van der Waals surface area contributed by atoms with Crippen LogP contribution in [-0.2, 0) is 12.8 Å². The predicted molar refractivity (Wildman–Crippen MR) is 303 cm³/mol. The number of aryl methyl sites for hydroxylation is 4. The van der Waals surface area contributed by atoms with Gasteiger partial charge in [0.15, 0.2) is 0 Å². The minimum Gasteiger partial charge on any atom is -0.311 e. The van der Waals surface area contributed by atoms with Gasteiger partial charge in [0.25, 0.3) is 0 Å². The average molecular weight is 905 g/mol. The maximum absolute atomic E-state index is 3.68. The molecule has 350 valence electrons. The Hall–Kier alpha value is -7.42. The van der Waals surface area contributed by atoms with Crippen LogP contribution in [0.5, 0.6) is 0 Å². The Morgan fingerprint density at radius 3 is 1.25 bits per heavy atom. The highest BCUT2D eigenvalue weighted by atomic mass is 15.1. The minimum atomic E-state index is 0.787. The fraction of sp³-hybridized carbons (Fsp3) is 0.194. The normalized spacial score (nSPS) is 12.3. The number of allylic oxidation sites excluding steroid dienone is 5. The number of nitrogens with zero attached hydrogens (tertiary/aromatic N) is 2. The second-order valence-electron chi connectivity index (χ2n) is 17.8. The second-order valence-corrected chi connectivity index (χ2v) is 17.8. The summed E-state index contributed by atoms with van der Waals surface area (Å²) in [5, 5.41) is 0. The Balaban J connectivity index is 0.000000307. The SMILES string of the molecule is C=CCc1ccc(C)cc1.CC.CC(C)C1C=CC=CC1.CCc1ccc(-c2ccc(N(c3ccccc3)c3ccc(-c4ccc(N(c5cccc(C)c5)c5cccc(C)c5)cc4)cc3)cc2)cc1. The molecule has 0 saturated heterocycles. The van der Waals surface area contributed by atoms with E-state index in [1.54, 1.807) is 0 Å². The number of hydrogen-bond donors (Lipinski definition) is 0. The Morgan fingerprint density at radius 1 is 0.464 bits per heavy atom. The van der Waals surface area contributed by atoms with Crippen LogP contribution < -0.4 is 9.80 Å². The zero-order valence-corrected chi connectivity index (χ0v) is 42.3. The zero-order chi connectivity index (χ0) is 49.0. The van der Waals surface area contributed by atoms with Gasteiger partial charge in [0.1, 0.15) is 0 Å². The van der Waals surface area contributed by atoms with Crippen molar-refractivity contribution in [2.75, 3.05) is 9.80 Å². The van der Waals surface area contributed by atoms with Crippen LogP contribution in [-0.4, -0.2) is 0 Å². The molecule has 0 heterocycles. The molecule has 0 aromatic heterocycles. The van der Waals surface area contributed by atoms with Crippen molar-refractivity contribution in [1.29, 1.82) is 0 Å². The maximum Gasteiger partial charge on any atom is 0.0464 e. The largest absolute Gasteiger partial charge is 0.311 e. The van der Waals surface area contributed by atoms with Crippen LogP contribution in [0.3, 0.4) is 0 Å². The summed E-state index contributed by atoms with van der Waals surface area (Å²) in [6, 6.07) is 72.0. The van der Waals surface area contributed by atoms with Crippen molar-refractivity contribution < 1.29 is 0 Å². The monoisotopic (exact) mass is 905 g/mol. The highest BCUT2D eigenvalue weighted by Crippen LogP contribution is 2.39. The van der Waals surface area contributed by atoms with Gasteiger partial charge in [-0.15, -0.1) is 6.58 Å². The van der Waals surface area contributed by atoms with Crippen LogP contribution in [0.2, 0.25) is 0 Å². The lowest BCUT2D eigenvalue weighted by Crippen LogP contribution is -2.10. The lowest BCUT2D eigenvalue weighted by Gasteiger charge is -2.26. The Kier molecular flexibility index (Phi) is 19.4. The van der Waals surface area contributed by atoms with Crippen molar-refractivity contribution in [2.45, 2.75) is 74.7 Å². The standard InChI is InChI=1S/C46H40N2.C10H12.C9H14.C2H6/c1-4-36-16-18-37(19-17-36)38-20-26-42(27-21-38)47(41-12-6-5-7-13-41)43-28-22-39(23-29-43)40-24-30-44(31-25-40)48(45-14-8-10-34(2)32-45)46-15-9-11-35(3)33-46;1-3-4-10-7-5-9(2)6-8-10;1-8(2)9-6-4-3-5-7-9;1-2/h5-33H,4H2,1-3H3;3,5-8H,1,4H2,2H3;3-6,8-9H,7H2,1-2H3;1-2H3. The van der Waals surface area contributed by atoms with E-state index >= 15 is 0 Å². The molecule has 0 amide bonds. The summed E-state index contributed by atoms with van der Waals surface area (Å²) in [5.74, 6) is 1.58. The molecule has 0 radical (unpaired) electrons. The molecule has 8 aromatic carbocycles. The van der Waals surface area contributed by atoms with Gasteiger partial charge in [-0.1, -0.05) is 198 Å². The van der Waals surface area contributed by atoms with Crippen LogP contribution in [0, 0.1) is 32.6 Å². The molecule has 0 spiro atoms. The van der Waals surface area contributed by atoms with Gasteiger partial charge in [0.05, 0.1) is 0 Å². The number of anilines is 6. The Morgan fingerprint density at radius 2 is 0.870 bits per heavy atom. The van der Waals surface area contributed by atoms with Crippen LogP contribution in [0.1, 0.15) is 68.9 Å². The number of benzene rings is 8. The van der Waals surface area contributed by atoms with Crippen LogP contribution in [0.25, 0.3) is 22.3 Å². The third-order valence-electron chi connectivity index (χ3n) is 12.3. The summed E-state index contributed by atoms with van der Waals surface area (Å²) in [7, 11) is 0. The first-order valence-electron chi connectivity index (χ1n) is 24.9. The van der Waals surface area contributed by atoms with Crippen molar-refractivity contribution in [3.63, 3.8) is 0 Å². The first-order valence-corrected chi connectivity index (χ1v) is 24.9. The van der Waals surface area contributed by atoms with Crippen molar-refractivity contribution in [3.8, 4) is 22.3 Å². The molecular weight excluding hydrogens is 833 g/mol. The van der Waals surface area contributed by atoms with Crippen molar-refractivity contribution in [2.24, 2.45) is 11.8 Å². The molecule has 0 aliphatic heterocycles. The first-order chi connectivity index (χ1) is 33.7. The van der Waals surface area contributed by atoms with Crippen LogP contribution in [0.4, 0.5) is 34.1 Å². The fourth-order valence-corrected chi connectivity index (χ4v) is 8.33. The van der Waals surface area contributed by atoms with Gasteiger partial charge < -0.3 is 9.80 Å². The van der Waals surface area contributed by atoms with E-state index in [9.17, 15) is 0 Å². The summed E-state index contributed by atoms with van der Waals surface area (Å²) in [6.07, 6.45) is 14.0. The van der Waals surface area contributed by atoms with E-state index < -0.39 is 0 Å². The zero-order valence-electron chi connectivity index (χ0n) is 42.3. The Labute approximate surface area is 415 Å². The van der Waals surface area contributed by atoms with Gasteiger partial charge in [-0.3, -0.25) is 0 Å². The lowest BCUT2D eigenvalue weighted by atomic mass is 9.90. The molecular formula is C67H72N2. The van der Waals surface area contributed by atoms with Gasteiger partial charge in [0.2, 0.25) is 0 Å². The van der Waals surface area contributed by atoms with Crippen molar-refractivity contribution in [1.82, 2.24) is 0 Å². The molecule has 0 saturated carbocycles. The second kappa shape index (κ2) is 26.2. The van der Waals surface area contributed by atoms with E-state index in [0.29, 0.717) is 0 Å². The van der Waals surface area contributed by atoms with Crippen molar-refractivity contribution in [3.05, 3.63) is 265 Å². The summed E-state index contributed by atoms with van der Waals surface area (Å²) in [5.41, 5.74) is 18.1. The summed E-state index contributed by atoms with van der Waals surface area (Å²) >= 11 is 0. The van der Waals surface area contributed by atoms with E-state index in [0.717, 1.165) is 58.8 Å². The van der Waals surface area contributed by atoms with Crippen LogP contribution >= 0.6 is 0 Å². The van der Waals surface area contributed by atoms with Gasteiger partial charge in [-0.2, -0.15) is 0 Å². The van der Waals surface area contributed by atoms with Crippen LogP contribution in [0.15, 0.2) is 237 Å². The van der Waals surface area contributed by atoms with Crippen molar-refractivity contribution >= 4 is 34.1 Å². The number of hydrogen-bond acceptors (Lipinski definition) is 2. The summed E-state index contributed by atoms with van der Waals surface area (Å²) < 4.78 is 0. The van der Waals surface area contributed by atoms with E-state index in [4.69, 9.17) is 0 Å². The molecule has 2 nitrogen and oxygen atoms in total. The summed E-state index contributed by atoms with van der Waals surface area (Å²) in [6.45, 7) is 20.8. The molecule has 1 aliphatic carbocycles. The number of para-hydroxylation sites is 1. The van der Waals surface area contributed by atoms with E-state index in [-0.39, 0.29) is 0 Å². The van der Waals surface area contributed by atoms with E-state index in [1.165, 1.54) is 56.5 Å². The molecule has 8 aromatic rings. The molecule has 1 atom stereocenters. The fourth-order valence-electron chi connectivity index (χ4n) is 8.33. The molecule has 69 heavy (non-hydrogen) atoms. The lowest BCUT2D eigenvalue weighted by molar-refractivity contribution is 0.467. The molecule has 2 heteroatoms.